The highest BCUT2D eigenvalue weighted by atomic mass is 79.9. The molecule has 0 aromatic carbocycles. The Labute approximate surface area is 98.8 Å². The predicted octanol–water partition coefficient (Wildman–Crippen LogP) is 4.08. The highest BCUT2D eigenvalue weighted by molar-refractivity contribution is 9.09. The van der Waals surface area contributed by atoms with Crippen molar-refractivity contribution in [3.05, 3.63) is 28.5 Å². The van der Waals surface area contributed by atoms with E-state index in [1.807, 2.05) is 6.92 Å². The van der Waals surface area contributed by atoms with E-state index in [-0.39, 0.29) is 9.85 Å². The van der Waals surface area contributed by atoms with E-state index in [1.165, 1.54) is 0 Å². The summed E-state index contributed by atoms with van der Waals surface area (Å²) in [7, 11) is 0. The molecular formula is C9H8BrClF3N. The molecule has 0 saturated carbocycles. The number of rotatable bonds is 2. The molecule has 0 saturated heterocycles. The van der Waals surface area contributed by atoms with Crippen molar-refractivity contribution in [1.29, 1.82) is 0 Å². The Hall–Kier alpha value is -0.290. The minimum atomic E-state index is -4.39. The van der Waals surface area contributed by atoms with Crippen LogP contribution < -0.4 is 0 Å². The Morgan fingerprint density at radius 1 is 1.53 bits per heavy atom. The molecular weight excluding hydrogens is 294 g/mol. The van der Waals surface area contributed by atoms with Crippen LogP contribution in [-0.4, -0.2) is 9.81 Å². The van der Waals surface area contributed by atoms with Crippen molar-refractivity contribution in [1.82, 2.24) is 4.98 Å². The van der Waals surface area contributed by atoms with E-state index in [2.05, 4.69) is 20.9 Å². The van der Waals surface area contributed by atoms with Gasteiger partial charge in [-0.1, -0.05) is 34.5 Å². The van der Waals surface area contributed by atoms with Gasteiger partial charge in [0.15, 0.2) is 0 Å². The van der Waals surface area contributed by atoms with Gasteiger partial charge in [-0.05, 0) is 6.07 Å². The van der Waals surface area contributed by atoms with Crippen LogP contribution in [0.1, 0.15) is 18.2 Å². The molecule has 0 aliphatic carbocycles. The van der Waals surface area contributed by atoms with E-state index in [0.29, 0.717) is 12.1 Å². The molecule has 1 atom stereocenters. The monoisotopic (exact) mass is 301 g/mol. The first-order chi connectivity index (χ1) is 6.80. The van der Waals surface area contributed by atoms with E-state index in [1.54, 1.807) is 0 Å². The number of hydrogen-bond donors (Lipinski definition) is 0. The van der Waals surface area contributed by atoms with Gasteiger partial charge in [-0.3, -0.25) is 4.98 Å². The lowest BCUT2D eigenvalue weighted by molar-refractivity contribution is -0.137. The maximum atomic E-state index is 12.3. The molecule has 0 N–H and O–H groups in total. The van der Waals surface area contributed by atoms with Crippen molar-refractivity contribution >= 4 is 27.5 Å². The highest BCUT2D eigenvalue weighted by Gasteiger charge is 2.31. The SMILES string of the molecule is CC(Br)Cc1ncc(C(F)(F)F)cc1Cl. The zero-order valence-corrected chi connectivity index (χ0v) is 10.1. The van der Waals surface area contributed by atoms with Gasteiger partial charge in [-0.2, -0.15) is 13.2 Å². The summed E-state index contributed by atoms with van der Waals surface area (Å²) in [5.74, 6) is 0. The van der Waals surface area contributed by atoms with Gasteiger partial charge < -0.3 is 0 Å². The summed E-state index contributed by atoms with van der Waals surface area (Å²) in [5, 5.41) is 0.0520. The third-order valence-corrected chi connectivity index (χ3v) is 2.37. The van der Waals surface area contributed by atoms with E-state index in [0.717, 1.165) is 12.3 Å². The van der Waals surface area contributed by atoms with Crippen LogP contribution in [0.25, 0.3) is 0 Å². The van der Waals surface area contributed by atoms with Gasteiger partial charge in [0.2, 0.25) is 0 Å². The summed E-state index contributed by atoms with van der Waals surface area (Å²) in [6, 6.07) is 0.902. The van der Waals surface area contributed by atoms with Crippen LogP contribution >= 0.6 is 27.5 Å². The molecule has 0 radical (unpaired) electrons. The number of alkyl halides is 4. The Morgan fingerprint density at radius 2 is 2.13 bits per heavy atom. The Morgan fingerprint density at radius 3 is 2.53 bits per heavy atom. The van der Waals surface area contributed by atoms with Gasteiger partial charge in [0.1, 0.15) is 0 Å². The van der Waals surface area contributed by atoms with Crippen LogP contribution in [0.3, 0.4) is 0 Å². The second kappa shape index (κ2) is 4.70. The quantitative estimate of drug-likeness (QED) is 0.750. The molecule has 0 aliphatic rings. The lowest BCUT2D eigenvalue weighted by atomic mass is 10.2. The summed E-state index contributed by atoms with van der Waals surface area (Å²) in [6.45, 7) is 1.87. The number of nitrogens with zero attached hydrogens (tertiary/aromatic N) is 1. The minimum absolute atomic E-state index is 0.0520. The molecule has 0 bridgehead atoms. The minimum Gasteiger partial charge on any atom is -0.259 e. The molecule has 1 heterocycles. The van der Waals surface area contributed by atoms with Crippen LogP contribution in [0.4, 0.5) is 13.2 Å². The predicted molar refractivity (Wildman–Crippen MR) is 56.3 cm³/mol. The third kappa shape index (κ3) is 3.65. The first-order valence-corrected chi connectivity index (χ1v) is 5.45. The normalized spacial score (nSPS) is 14.0. The summed E-state index contributed by atoms with van der Waals surface area (Å²) in [5.41, 5.74) is -0.354. The molecule has 6 heteroatoms. The van der Waals surface area contributed by atoms with Crippen molar-refractivity contribution in [2.45, 2.75) is 24.3 Å². The van der Waals surface area contributed by atoms with Gasteiger partial charge in [0.05, 0.1) is 16.3 Å². The van der Waals surface area contributed by atoms with E-state index < -0.39 is 11.7 Å². The molecule has 15 heavy (non-hydrogen) atoms. The summed E-state index contributed by atoms with van der Waals surface area (Å²) < 4.78 is 36.8. The van der Waals surface area contributed by atoms with Crippen molar-refractivity contribution in [2.24, 2.45) is 0 Å². The maximum Gasteiger partial charge on any atom is 0.417 e. The lowest BCUT2D eigenvalue weighted by Gasteiger charge is -2.09. The largest absolute Gasteiger partial charge is 0.417 e. The number of pyridine rings is 1. The second-order valence-corrected chi connectivity index (χ2v) is 5.11. The van der Waals surface area contributed by atoms with Crippen molar-refractivity contribution in [3.8, 4) is 0 Å². The third-order valence-electron chi connectivity index (χ3n) is 1.72. The van der Waals surface area contributed by atoms with Gasteiger partial charge in [-0.25, -0.2) is 0 Å². The van der Waals surface area contributed by atoms with Gasteiger partial charge in [0.25, 0.3) is 0 Å². The average Bonchev–Trinajstić information content (AvgIpc) is 2.05. The van der Waals surface area contributed by atoms with Gasteiger partial charge >= 0.3 is 6.18 Å². The first-order valence-electron chi connectivity index (χ1n) is 4.16. The number of hydrogen-bond acceptors (Lipinski definition) is 1. The second-order valence-electron chi connectivity index (χ2n) is 3.14. The molecule has 84 valence electrons. The zero-order valence-electron chi connectivity index (χ0n) is 7.78. The summed E-state index contributed by atoms with van der Waals surface area (Å²) >= 11 is 8.98. The summed E-state index contributed by atoms with van der Waals surface area (Å²) in [6.07, 6.45) is -3.09. The molecule has 0 aliphatic heterocycles. The molecule has 1 rings (SSSR count). The highest BCUT2D eigenvalue weighted by Crippen LogP contribution is 2.31. The Balaban J connectivity index is 2.98. The standard InChI is InChI=1S/C9H8BrClF3N/c1-5(10)2-8-7(11)3-6(4-15-8)9(12,13)14/h3-5H,2H2,1H3. The van der Waals surface area contributed by atoms with Crippen LogP contribution in [0, 0.1) is 0 Å². The van der Waals surface area contributed by atoms with E-state index in [4.69, 9.17) is 11.6 Å². The van der Waals surface area contributed by atoms with E-state index >= 15 is 0 Å². The van der Waals surface area contributed by atoms with Crippen LogP contribution in [0.2, 0.25) is 5.02 Å². The average molecular weight is 303 g/mol. The van der Waals surface area contributed by atoms with Crippen molar-refractivity contribution < 1.29 is 13.2 Å². The first kappa shape index (κ1) is 12.8. The lowest BCUT2D eigenvalue weighted by Crippen LogP contribution is -2.08. The fraction of sp³-hybridized carbons (Fsp3) is 0.444. The molecule has 0 spiro atoms. The van der Waals surface area contributed by atoms with Crippen LogP contribution in [0.5, 0.6) is 0 Å². The Bertz CT molecular complexity index is 352. The van der Waals surface area contributed by atoms with Crippen LogP contribution in [-0.2, 0) is 12.6 Å². The maximum absolute atomic E-state index is 12.3. The zero-order chi connectivity index (χ0) is 11.6. The molecule has 1 aromatic heterocycles. The van der Waals surface area contributed by atoms with E-state index in [9.17, 15) is 13.2 Å². The Kier molecular flexibility index (Phi) is 4.00. The number of aromatic nitrogens is 1. The fourth-order valence-electron chi connectivity index (χ4n) is 1.04. The number of halogens is 5. The molecule has 0 fully saturated rings. The van der Waals surface area contributed by atoms with Gasteiger partial charge in [0, 0.05) is 17.4 Å². The smallest absolute Gasteiger partial charge is 0.259 e. The fourth-order valence-corrected chi connectivity index (χ4v) is 1.59. The van der Waals surface area contributed by atoms with Crippen LogP contribution in [0.15, 0.2) is 12.3 Å². The van der Waals surface area contributed by atoms with Crippen molar-refractivity contribution in [3.63, 3.8) is 0 Å². The molecule has 0 amide bonds. The molecule has 1 aromatic rings. The molecule has 1 nitrogen and oxygen atoms in total. The molecule has 1 unspecified atom stereocenters. The topological polar surface area (TPSA) is 12.9 Å². The van der Waals surface area contributed by atoms with Gasteiger partial charge in [-0.15, -0.1) is 0 Å². The van der Waals surface area contributed by atoms with Crippen molar-refractivity contribution in [2.75, 3.05) is 0 Å². The summed E-state index contributed by atoms with van der Waals surface area (Å²) in [4.78, 5) is 3.83.